The van der Waals surface area contributed by atoms with E-state index in [1.807, 2.05) is 70.3 Å². The molecule has 31 heteroatoms. The van der Waals surface area contributed by atoms with Gasteiger partial charge in [-0.3, -0.25) is 57.7 Å². The zero-order chi connectivity index (χ0) is 77.6. The molecule has 1 saturated carbocycles. The van der Waals surface area contributed by atoms with E-state index in [-0.39, 0.29) is 107 Å². The van der Waals surface area contributed by atoms with Crippen molar-refractivity contribution < 1.29 is 76.5 Å². The highest BCUT2D eigenvalue weighted by molar-refractivity contribution is 7.09. The highest BCUT2D eigenvalue weighted by Gasteiger charge is 2.53. The van der Waals surface area contributed by atoms with Crippen LogP contribution in [-0.4, -0.2) is 222 Å². The van der Waals surface area contributed by atoms with Gasteiger partial charge in [-0.15, -0.1) is 11.3 Å². The fraction of sp³-hybridized carbons (Fsp3) is 0.613. The minimum absolute atomic E-state index is 0.00351. The summed E-state index contributed by atoms with van der Waals surface area (Å²) in [6.07, 6.45) is 5.97. The number of nitrogens with two attached hydrogens (primary N) is 2. The second-order valence-corrected chi connectivity index (χ2v) is 29.8. The second kappa shape index (κ2) is 40.2. The van der Waals surface area contributed by atoms with Crippen LogP contribution in [0.5, 0.6) is 0 Å². The number of likely N-dealkylation sites (tertiary alicyclic amines) is 2. The minimum Gasteiger partial charge on any atom is -0.445 e. The normalized spacial score (nSPS) is 19.7. The van der Waals surface area contributed by atoms with E-state index >= 15 is 4.79 Å². The maximum atomic E-state index is 15.1. The summed E-state index contributed by atoms with van der Waals surface area (Å²) in [5, 5.41) is 19.7. The largest absolute Gasteiger partial charge is 0.445 e. The first-order valence-corrected chi connectivity index (χ1v) is 37.6. The van der Waals surface area contributed by atoms with Gasteiger partial charge < -0.3 is 77.0 Å². The van der Waals surface area contributed by atoms with Crippen LogP contribution in [0.3, 0.4) is 0 Å². The summed E-state index contributed by atoms with van der Waals surface area (Å²) >= 11 is 1.46. The number of carbonyl (C=O) groups excluding carboxylic acids is 12. The number of primary amides is 1. The first-order chi connectivity index (χ1) is 50.5. The number of anilines is 1. The number of nitrogens with zero attached hydrogens (tertiary/aromatic N) is 6. The number of imide groups is 1. The van der Waals surface area contributed by atoms with Crippen LogP contribution in [0.25, 0.3) is 0 Å². The predicted molar refractivity (Wildman–Crippen MR) is 395 cm³/mol. The lowest BCUT2D eigenvalue weighted by molar-refractivity contribution is -0.148. The quantitative estimate of drug-likeness (QED) is 0.0288. The summed E-state index contributed by atoms with van der Waals surface area (Å²) in [6, 6.07) is 6.72. The Morgan fingerprint density at radius 3 is 2.13 bits per heavy atom. The number of nitrogens with one attached hydrogen (secondary N) is 6. The van der Waals surface area contributed by atoms with Gasteiger partial charge in [-0.2, -0.15) is 0 Å². The van der Waals surface area contributed by atoms with Gasteiger partial charge in [0.2, 0.25) is 47.3 Å². The molecule has 7 rings (SSSR count). The van der Waals surface area contributed by atoms with Crippen molar-refractivity contribution in [2.75, 3.05) is 66.5 Å². The molecule has 10 N–H and O–H groups in total. The summed E-state index contributed by atoms with van der Waals surface area (Å²) in [7, 11) is 6.26. The van der Waals surface area contributed by atoms with Crippen LogP contribution < -0.4 is 43.4 Å². The van der Waals surface area contributed by atoms with Crippen LogP contribution in [0, 0.1) is 29.6 Å². The van der Waals surface area contributed by atoms with Gasteiger partial charge in [-0.25, -0.2) is 14.6 Å². The van der Waals surface area contributed by atoms with E-state index in [1.165, 1.54) is 42.2 Å². The molecule has 3 aromatic rings. The zero-order valence-electron chi connectivity index (χ0n) is 63.2. The molecule has 3 fully saturated rings. The molecule has 2 saturated heterocycles. The summed E-state index contributed by atoms with van der Waals surface area (Å²) in [5.41, 5.74) is 13.5. The smallest absolute Gasteiger partial charge is 0.411 e. The van der Waals surface area contributed by atoms with Crippen LogP contribution >= 0.6 is 11.3 Å². The Morgan fingerprint density at radius 2 is 1.50 bits per heavy atom. The first-order valence-electron chi connectivity index (χ1n) is 36.8. The molecule has 106 heavy (non-hydrogen) atoms. The highest BCUT2D eigenvalue weighted by atomic mass is 32.1. The number of fused-ring (bicyclic) bond motifs is 2. The van der Waals surface area contributed by atoms with Gasteiger partial charge in [0.1, 0.15) is 35.8 Å². The molecular weight excluding hydrogens is 1380 g/mol. The molecule has 13 amide bonds. The van der Waals surface area contributed by atoms with E-state index < -0.39 is 132 Å². The first kappa shape index (κ1) is 84.4. The van der Waals surface area contributed by atoms with Crippen molar-refractivity contribution in [1.82, 2.24) is 56.1 Å². The van der Waals surface area contributed by atoms with Crippen LogP contribution in [-0.2, 0) is 86.5 Å². The summed E-state index contributed by atoms with van der Waals surface area (Å²) < 4.78 is 23.9. The minimum atomic E-state index is -1.23. The fourth-order valence-electron chi connectivity index (χ4n) is 14.6. The van der Waals surface area contributed by atoms with Gasteiger partial charge >= 0.3 is 12.1 Å². The third-order valence-electron chi connectivity index (χ3n) is 20.6. The van der Waals surface area contributed by atoms with Crippen molar-refractivity contribution in [1.29, 1.82) is 0 Å². The monoisotopic (exact) mass is 1490 g/mol. The van der Waals surface area contributed by atoms with Crippen LogP contribution in [0.1, 0.15) is 147 Å². The Morgan fingerprint density at radius 1 is 0.792 bits per heavy atom. The zero-order valence-corrected chi connectivity index (χ0v) is 64.0. The van der Waals surface area contributed by atoms with Gasteiger partial charge in [0.05, 0.1) is 68.5 Å². The molecule has 30 nitrogen and oxygen atoms in total. The Hall–Kier alpha value is -8.91. The number of aromatic nitrogens is 1. The van der Waals surface area contributed by atoms with E-state index in [4.69, 9.17) is 30.4 Å². The molecule has 0 unspecified atom stereocenters. The number of carbonyl (C=O) groups is 12. The SMILES string of the molecule is CC[C@H](C)[C@@H]([C@@H](CC(=O)N1CCC[C@H]1[C@H](OC)[C@@H](C)C(=O)N[C@@H](Cc1ccccc1)c1nccs1)OC)N(C)C(=O)[C@@H](NC(=O)[C@@H]1[C@H]2CC[C@H](C2)N1C(=O)OCc1ccc(NC(=O)[C@H](CCCNC(N)=O)NC(=O)[C@@H](NC(=O)CCOCCN2C(=O)C=CC2=O)C(C)C)cc1CN(C)C(=O)[C@@H](C)N)C(C)C. The fourth-order valence-corrected chi connectivity index (χ4v) is 15.3. The maximum absolute atomic E-state index is 15.1. The molecule has 14 atom stereocenters. The van der Waals surface area contributed by atoms with Crippen molar-refractivity contribution in [3.05, 3.63) is 94.0 Å². The lowest BCUT2D eigenvalue weighted by atomic mass is 9.89. The average Bonchev–Trinajstić information content (AvgIpc) is 1.60. The highest BCUT2D eigenvalue weighted by Crippen LogP contribution is 2.43. The number of urea groups is 1. The van der Waals surface area contributed by atoms with Crippen molar-refractivity contribution in [2.24, 2.45) is 41.1 Å². The maximum Gasteiger partial charge on any atom is 0.411 e. The van der Waals surface area contributed by atoms with Crippen molar-refractivity contribution >= 4 is 88.2 Å². The predicted octanol–water partition coefficient (Wildman–Crippen LogP) is 4.44. The Balaban J connectivity index is 1.01. The molecule has 1 aromatic heterocycles. The van der Waals surface area contributed by atoms with E-state index in [0.29, 0.717) is 62.6 Å². The lowest BCUT2D eigenvalue weighted by Gasteiger charge is -2.41. The summed E-state index contributed by atoms with van der Waals surface area (Å²) in [4.78, 5) is 175. The van der Waals surface area contributed by atoms with Gasteiger partial charge in [-0.05, 0) is 111 Å². The van der Waals surface area contributed by atoms with Gasteiger partial charge in [0.15, 0.2) is 0 Å². The van der Waals surface area contributed by atoms with Crippen molar-refractivity contribution in [3.63, 3.8) is 0 Å². The molecule has 4 aliphatic rings. The summed E-state index contributed by atoms with van der Waals surface area (Å²) in [6.45, 7) is 14.4. The molecule has 4 heterocycles. The lowest BCUT2D eigenvalue weighted by Crippen LogP contribution is -2.60. The molecule has 2 bridgehead atoms. The molecule has 582 valence electrons. The molecule has 0 radical (unpaired) electrons. The number of thiazole rings is 1. The Bertz CT molecular complexity index is 3550. The number of piperidine rings is 1. The average molecular weight is 1500 g/mol. The number of likely N-dealkylation sites (N-methyl/N-ethyl adjacent to an activating group) is 2. The van der Waals surface area contributed by atoms with Crippen LogP contribution in [0.2, 0.25) is 0 Å². The Labute approximate surface area is 625 Å². The number of amides is 13. The molecular formula is C75H110N14O16S. The third-order valence-corrected chi connectivity index (χ3v) is 21.5. The standard InChI is InChI=1S/C75H110N14O16S/c1-13-45(6)64(57(102-11)40-61(93)87-32-18-22-56(87)66(103-12)46(7)67(94)82-55(71-78-31-36-106-71)37-48-19-15-14-16-20-48)86(10)73(99)63(44(4)5)84-70(97)65-49-24-26-53(39-49)89(65)75(101)105-42-50-23-25-52(38-51(50)41-85(9)72(98)47(8)76)80-68(95)54(21-17-30-79-74(77)100)81-69(96)62(43(2)3)83-58(90)29-34-104-35-33-88-59(91)27-28-60(88)92/h14-16,19-20,23,25,27-28,31,36,38,43-47,49,53-57,62-66H,13,17-18,21-22,24,26,29-30,32-35,37,39-42,76H2,1-12H3,(H,80,95)(H,81,96)(H,82,94)(H,83,90)(H,84,97)(H3,77,79,100)/t45-,46+,47+,49-,53+,54-,55-,56-,57+,62-,63-,64-,65-,66+/m0/s1. The van der Waals surface area contributed by atoms with E-state index in [0.717, 1.165) is 27.6 Å². The van der Waals surface area contributed by atoms with Crippen molar-refractivity contribution in [2.45, 2.75) is 206 Å². The van der Waals surface area contributed by atoms with Gasteiger partial charge in [-0.1, -0.05) is 91.3 Å². The van der Waals surface area contributed by atoms with Gasteiger partial charge in [0, 0.05) is 89.8 Å². The van der Waals surface area contributed by atoms with Crippen LogP contribution in [0.4, 0.5) is 15.3 Å². The number of rotatable bonds is 40. The summed E-state index contributed by atoms with van der Waals surface area (Å²) in [5.74, 6) is -6.62. The molecule has 2 aromatic carbocycles. The van der Waals surface area contributed by atoms with Gasteiger partial charge in [0.25, 0.3) is 11.8 Å². The topological polar surface area (TPSA) is 395 Å². The number of hydrogen-bond acceptors (Lipinski definition) is 19. The molecule has 0 spiro atoms. The van der Waals surface area contributed by atoms with E-state index in [9.17, 15) is 52.7 Å². The number of ether oxygens (including phenoxy) is 4. The van der Waals surface area contributed by atoms with E-state index in [1.54, 1.807) is 62.2 Å². The second-order valence-electron chi connectivity index (χ2n) is 28.8. The molecule has 1 aliphatic carbocycles. The Kier molecular flexibility index (Phi) is 32.0. The van der Waals surface area contributed by atoms with E-state index in [2.05, 4.69) is 36.9 Å². The van der Waals surface area contributed by atoms with Crippen LogP contribution in [0.15, 0.2) is 72.3 Å². The number of methoxy groups -OCH3 is 2. The third kappa shape index (κ3) is 22.6. The number of hydrogen-bond donors (Lipinski definition) is 8. The molecule has 3 aliphatic heterocycles. The number of benzene rings is 2. The van der Waals surface area contributed by atoms with Crippen molar-refractivity contribution in [3.8, 4) is 0 Å².